The second kappa shape index (κ2) is 4.69. The lowest BCUT2D eigenvalue weighted by molar-refractivity contribution is 0.111. The van der Waals surface area contributed by atoms with Gasteiger partial charge in [0, 0.05) is 5.56 Å². The maximum atomic E-state index is 10.7. The van der Waals surface area contributed by atoms with E-state index in [4.69, 9.17) is 0 Å². The fourth-order valence-corrected chi connectivity index (χ4v) is 2.49. The number of aromatic nitrogens is 2. The Balaban J connectivity index is 2.03. The van der Waals surface area contributed by atoms with Crippen LogP contribution in [0.5, 0.6) is 0 Å². The SMILES string of the molecule is O=Cc1cc(-c2ccc3c(c2)CCCC3)ncn1. The van der Waals surface area contributed by atoms with Gasteiger partial charge in [0.25, 0.3) is 0 Å². The lowest BCUT2D eigenvalue weighted by Gasteiger charge is -2.16. The van der Waals surface area contributed by atoms with E-state index in [-0.39, 0.29) is 0 Å². The molecule has 0 saturated heterocycles. The van der Waals surface area contributed by atoms with Gasteiger partial charge >= 0.3 is 0 Å². The van der Waals surface area contributed by atoms with Crippen molar-refractivity contribution in [3.8, 4) is 11.3 Å². The highest BCUT2D eigenvalue weighted by molar-refractivity contribution is 5.74. The van der Waals surface area contributed by atoms with Gasteiger partial charge in [-0.1, -0.05) is 12.1 Å². The Morgan fingerprint density at radius 2 is 1.83 bits per heavy atom. The van der Waals surface area contributed by atoms with Gasteiger partial charge in [-0.25, -0.2) is 9.97 Å². The molecule has 0 N–H and O–H groups in total. The summed E-state index contributed by atoms with van der Waals surface area (Å²) in [4.78, 5) is 18.9. The van der Waals surface area contributed by atoms with Crippen molar-refractivity contribution in [2.75, 3.05) is 0 Å². The van der Waals surface area contributed by atoms with Crippen molar-refractivity contribution >= 4 is 6.29 Å². The Kier molecular flexibility index (Phi) is 2.89. The molecular weight excluding hydrogens is 224 g/mol. The number of benzene rings is 1. The lowest BCUT2D eigenvalue weighted by atomic mass is 9.90. The molecule has 0 radical (unpaired) electrons. The van der Waals surface area contributed by atoms with Crippen molar-refractivity contribution in [3.63, 3.8) is 0 Å². The summed E-state index contributed by atoms with van der Waals surface area (Å²) in [6.45, 7) is 0. The second-order valence-electron chi connectivity index (χ2n) is 4.64. The van der Waals surface area contributed by atoms with Crippen molar-refractivity contribution in [1.82, 2.24) is 9.97 Å². The predicted molar refractivity (Wildman–Crippen MR) is 69.5 cm³/mol. The summed E-state index contributed by atoms with van der Waals surface area (Å²) in [7, 11) is 0. The van der Waals surface area contributed by atoms with Gasteiger partial charge in [0.05, 0.1) is 5.69 Å². The average Bonchev–Trinajstić information content (AvgIpc) is 2.47. The summed E-state index contributed by atoms with van der Waals surface area (Å²) in [5.74, 6) is 0. The Morgan fingerprint density at radius 1 is 1.00 bits per heavy atom. The Hall–Kier alpha value is -2.03. The molecule has 3 rings (SSSR count). The molecule has 0 spiro atoms. The van der Waals surface area contributed by atoms with Gasteiger partial charge in [-0.2, -0.15) is 0 Å². The molecule has 0 saturated carbocycles. The van der Waals surface area contributed by atoms with E-state index in [2.05, 4.69) is 28.2 Å². The molecule has 0 atom stereocenters. The number of hydrogen-bond donors (Lipinski definition) is 0. The third kappa shape index (κ3) is 2.04. The number of fused-ring (bicyclic) bond motifs is 1. The number of aldehydes is 1. The molecule has 1 aliphatic carbocycles. The zero-order valence-corrected chi connectivity index (χ0v) is 10.1. The van der Waals surface area contributed by atoms with Crippen LogP contribution < -0.4 is 0 Å². The van der Waals surface area contributed by atoms with E-state index in [1.807, 2.05) is 0 Å². The minimum atomic E-state index is 0.428. The largest absolute Gasteiger partial charge is 0.296 e. The van der Waals surface area contributed by atoms with Crippen LogP contribution in [0.25, 0.3) is 11.3 Å². The molecule has 0 amide bonds. The molecule has 1 heterocycles. The molecule has 3 nitrogen and oxygen atoms in total. The number of nitrogens with zero attached hydrogens (tertiary/aromatic N) is 2. The normalized spacial score (nSPS) is 14.0. The topological polar surface area (TPSA) is 42.9 Å². The number of hydrogen-bond acceptors (Lipinski definition) is 3. The first-order valence-corrected chi connectivity index (χ1v) is 6.26. The fourth-order valence-electron chi connectivity index (χ4n) is 2.49. The van der Waals surface area contributed by atoms with Gasteiger partial charge in [-0.05, 0) is 48.9 Å². The molecule has 3 heteroatoms. The Morgan fingerprint density at radius 3 is 2.67 bits per heavy atom. The molecule has 90 valence electrons. The van der Waals surface area contributed by atoms with Gasteiger partial charge in [0.2, 0.25) is 0 Å². The molecule has 18 heavy (non-hydrogen) atoms. The first kappa shape index (κ1) is 11.1. The van der Waals surface area contributed by atoms with Crippen LogP contribution in [0.4, 0.5) is 0 Å². The predicted octanol–water partition coefficient (Wildman–Crippen LogP) is 2.83. The van der Waals surface area contributed by atoms with Crippen LogP contribution in [-0.2, 0) is 12.8 Å². The third-order valence-corrected chi connectivity index (χ3v) is 3.45. The number of carbonyl (C=O) groups is 1. The Labute approximate surface area is 106 Å². The minimum Gasteiger partial charge on any atom is -0.296 e. The third-order valence-electron chi connectivity index (χ3n) is 3.45. The van der Waals surface area contributed by atoms with Crippen LogP contribution in [0.3, 0.4) is 0 Å². The van der Waals surface area contributed by atoms with E-state index in [1.54, 1.807) is 6.07 Å². The highest BCUT2D eigenvalue weighted by atomic mass is 16.1. The van der Waals surface area contributed by atoms with Crippen molar-refractivity contribution in [2.45, 2.75) is 25.7 Å². The maximum Gasteiger partial charge on any atom is 0.168 e. The number of aryl methyl sites for hydroxylation is 2. The smallest absolute Gasteiger partial charge is 0.168 e. The van der Waals surface area contributed by atoms with Crippen LogP contribution in [0, 0.1) is 0 Å². The summed E-state index contributed by atoms with van der Waals surface area (Å²) < 4.78 is 0. The van der Waals surface area contributed by atoms with E-state index < -0.39 is 0 Å². The van der Waals surface area contributed by atoms with E-state index >= 15 is 0 Å². The second-order valence-corrected chi connectivity index (χ2v) is 4.64. The molecule has 0 bridgehead atoms. The Bertz CT molecular complexity index is 593. The maximum absolute atomic E-state index is 10.7. The fraction of sp³-hybridized carbons (Fsp3) is 0.267. The molecule has 1 aromatic heterocycles. The molecular formula is C15H14N2O. The highest BCUT2D eigenvalue weighted by Gasteiger charge is 2.10. The van der Waals surface area contributed by atoms with E-state index in [0.29, 0.717) is 5.69 Å². The molecule has 2 aromatic rings. The van der Waals surface area contributed by atoms with Crippen molar-refractivity contribution < 1.29 is 4.79 Å². The van der Waals surface area contributed by atoms with Gasteiger partial charge in [0.1, 0.15) is 12.0 Å². The van der Waals surface area contributed by atoms with Crippen LogP contribution in [0.1, 0.15) is 34.5 Å². The van der Waals surface area contributed by atoms with Gasteiger partial charge in [-0.15, -0.1) is 0 Å². The van der Waals surface area contributed by atoms with E-state index in [9.17, 15) is 4.79 Å². The summed E-state index contributed by atoms with van der Waals surface area (Å²) in [6, 6.07) is 8.20. The van der Waals surface area contributed by atoms with Crippen molar-refractivity contribution in [1.29, 1.82) is 0 Å². The van der Waals surface area contributed by atoms with E-state index in [0.717, 1.165) is 24.0 Å². The summed E-state index contributed by atoms with van der Waals surface area (Å²) in [5, 5.41) is 0. The zero-order chi connectivity index (χ0) is 12.4. The monoisotopic (exact) mass is 238 g/mol. The minimum absolute atomic E-state index is 0.428. The van der Waals surface area contributed by atoms with Gasteiger partial charge in [0.15, 0.2) is 6.29 Å². The molecule has 0 aliphatic heterocycles. The first-order valence-electron chi connectivity index (χ1n) is 6.26. The van der Waals surface area contributed by atoms with Crippen LogP contribution in [0.15, 0.2) is 30.6 Å². The zero-order valence-electron chi connectivity index (χ0n) is 10.1. The van der Waals surface area contributed by atoms with Crippen molar-refractivity contribution in [2.24, 2.45) is 0 Å². The van der Waals surface area contributed by atoms with Crippen LogP contribution in [-0.4, -0.2) is 16.3 Å². The van der Waals surface area contributed by atoms with Crippen LogP contribution in [0.2, 0.25) is 0 Å². The molecule has 0 fully saturated rings. The summed E-state index contributed by atoms with van der Waals surface area (Å²) >= 11 is 0. The molecule has 0 unspecified atom stereocenters. The quantitative estimate of drug-likeness (QED) is 0.755. The van der Waals surface area contributed by atoms with Crippen molar-refractivity contribution in [3.05, 3.63) is 47.4 Å². The molecule has 1 aromatic carbocycles. The van der Waals surface area contributed by atoms with E-state index in [1.165, 1.54) is 36.7 Å². The van der Waals surface area contributed by atoms with Gasteiger partial charge < -0.3 is 0 Å². The number of rotatable bonds is 2. The standard InChI is InChI=1S/C15H14N2O/c18-9-14-8-15(17-10-16-14)13-6-5-11-3-1-2-4-12(11)7-13/h5-10H,1-4H2. The summed E-state index contributed by atoms with van der Waals surface area (Å²) in [6.07, 6.45) is 7.07. The van der Waals surface area contributed by atoms with Gasteiger partial charge in [-0.3, -0.25) is 4.79 Å². The average molecular weight is 238 g/mol. The lowest BCUT2D eigenvalue weighted by Crippen LogP contribution is -2.02. The van der Waals surface area contributed by atoms with Crippen LogP contribution >= 0.6 is 0 Å². The first-order chi connectivity index (χ1) is 8.86. The highest BCUT2D eigenvalue weighted by Crippen LogP contribution is 2.26. The number of carbonyl (C=O) groups excluding carboxylic acids is 1. The summed E-state index contributed by atoms with van der Waals surface area (Å²) in [5.41, 5.74) is 5.19. The molecule has 1 aliphatic rings.